The van der Waals surface area contributed by atoms with Crippen LogP contribution in [0.15, 0.2) is 0 Å². The van der Waals surface area contributed by atoms with Crippen LogP contribution in [-0.2, 0) is 9.47 Å². The summed E-state index contributed by atoms with van der Waals surface area (Å²) in [6, 6.07) is 0.808. The molecule has 2 heterocycles. The Bertz CT molecular complexity index is 301. The summed E-state index contributed by atoms with van der Waals surface area (Å²) in [5.41, 5.74) is 0.427. The third kappa shape index (κ3) is 3.94. The van der Waals surface area contributed by atoms with Crippen molar-refractivity contribution in [1.82, 2.24) is 10.2 Å². The van der Waals surface area contributed by atoms with Gasteiger partial charge in [-0.25, -0.2) is 0 Å². The highest BCUT2D eigenvalue weighted by molar-refractivity contribution is 4.92. The van der Waals surface area contributed by atoms with Crippen LogP contribution in [0.2, 0.25) is 0 Å². The predicted molar refractivity (Wildman–Crippen MR) is 80.0 cm³/mol. The van der Waals surface area contributed by atoms with Gasteiger partial charge in [-0.1, -0.05) is 0 Å². The van der Waals surface area contributed by atoms with Gasteiger partial charge in [-0.2, -0.15) is 0 Å². The van der Waals surface area contributed by atoms with E-state index in [1.54, 1.807) is 0 Å². The first-order chi connectivity index (χ1) is 9.80. The first-order valence-electron chi connectivity index (χ1n) is 8.36. The quantitative estimate of drug-likeness (QED) is 0.803. The van der Waals surface area contributed by atoms with Crippen molar-refractivity contribution in [3.8, 4) is 0 Å². The lowest BCUT2D eigenvalue weighted by Gasteiger charge is -2.43. The molecular weight excluding hydrogens is 252 g/mol. The van der Waals surface area contributed by atoms with Crippen molar-refractivity contribution >= 4 is 0 Å². The summed E-state index contributed by atoms with van der Waals surface area (Å²) in [5, 5.41) is 3.77. The van der Waals surface area contributed by atoms with Crippen molar-refractivity contribution < 1.29 is 9.47 Å². The van der Waals surface area contributed by atoms with Crippen molar-refractivity contribution in [3.05, 3.63) is 0 Å². The van der Waals surface area contributed by atoms with Gasteiger partial charge >= 0.3 is 0 Å². The fraction of sp³-hybridized carbons (Fsp3) is 1.00. The third-order valence-corrected chi connectivity index (χ3v) is 5.25. The number of rotatable bonds is 6. The second-order valence-corrected chi connectivity index (χ2v) is 7.00. The maximum absolute atomic E-state index is 5.61. The summed E-state index contributed by atoms with van der Waals surface area (Å²) in [7, 11) is 1.85. The van der Waals surface area contributed by atoms with Crippen LogP contribution in [0.4, 0.5) is 0 Å². The van der Waals surface area contributed by atoms with E-state index in [0.29, 0.717) is 11.5 Å². The van der Waals surface area contributed by atoms with Gasteiger partial charge < -0.3 is 19.7 Å². The number of ether oxygens (including phenoxy) is 2. The molecule has 0 bridgehead atoms. The molecule has 4 heteroatoms. The van der Waals surface area contributed by atoms with E-state index < -0.39 is 0 Å². The maximum atomic E-state index is 5.61. The zero-order chi connectivity index (χ0) is 13.8. The topological polar surface area (TPSA) is 33.7 Å². The molecule has 1 aliphatic carbocycles. The Balaban J connectivity index is 1.56. The second-order valence-electron chi connectivity index (χ2n) is 7.00. The first-order valence-corrected chi connectivity index (χ1v) is 8.36. The molecule has 0 aromatic carbocycles. The second kappa shape index (κ2) is 6.73. The van der Waals surface area contributed by atoms with Crippen LogP contribution in [0.3, 0.4) is 0 Å². The molecule has 3 aliphatic rings. The van der Waals surface area contributed by atoms with Crippen LogP contribution < -0.4 is 5.32 Å². The van der Waals surface area contributed by atoms with Gasteiger partial charge in [-0.3, -0.25) is 0 Å². The van der Waals surface area contributed by atoms with Crippen LogP contribution in [0, 0.1) is 5.41 Å². The van der Waals surface area contributed by atoms with Crippen LogP contribution in [-0.4, -0.2) is 63.5 Å². The molecule has 0 amide bonds. The highest BCUT2D eigenvalue weighted by Crippen LogP contribution is 2.33. The summed E-state index contributed by atoms with van der Waals surface area (Å²) in [4.78, 5) is 2.64. The lowest BCUT2D eigenvalue weighted by Crippen LogP contribution is -2.51. The molecule has 3 rings (SSSR count). The minimum Gasteiger partial charge on any atom is -0.381 e. The van der Waals surface area contributed by atoms with Gasteiger partial charge in [0.15, 0.2) is 0 Å². The molecule has 1 atom stereocenters. The van der Waals surface area contributed by atoms with Crippen molar-refractivity contribution in [3.63, 3.8) is 0 Å². The molecule has 20 heavy (non-hydrogen) atoms. The third-order valence-electron chi connectivity index (χ3n) is 5.25. The Morgan fingerprint density at radius 2 is 2.05 bits per heavy atom. The van der Waals surface area contributed by atoms with Gasteiger partial charge in [0.2, 0.25) is 0 Å². The van der Waals surface area contributed by atoms with E-state index in [-0.39, 0.29) is 0 Å². The summed E-state index contributed by atoms with van der Waals surface area (Å²) >= 11 is 0. The van der Waals surface area contributed by atoms with E-state index in [9.17, 15) is 0 Å². The average molecular weight is 282 g/mol. The molecule has 2 saturated heterocycles. The number of methoxy groups -OCH3 is 1. The van der Waals surface area contributed by atoms with Crippen molar-refractivity contribution in [2.24, 2.45) is 5.41 Å². The summed E-state index contributed by atoms with van der Waals surface area (Å²) in [6.45, 7) is 6.63. The molecule has 1 N–H and O–H groups in total. The summed E-state index contributed by atoms with van der Waals surface area (Å²) in [5.74, 6) is 0. The fourth-order valence-corrected chi connectivity index (χ4v) is 3.67. The largest absolute Gasteiger partial charge is 0.381 e. The van der Waals surface area contributed by atoms with Crippen LogP contribution in [0.25, 0.3) is 0 Å². The molecule has 116 valence electrons. The highest BCUT2D eigenvalue weighted by atomic mass is 16.5. The minimum atomic E-state index is 0.427. The van der Waals surface area contributed by atoms with Gasteiger partial charge in [0, 0.05) is 46.0 Å². The Hall–Kier alpha value is -0.160. The Morgan fingerprint density at radius 3 is 2.75 bits per heavy atom. The standard InChI is InChI=1S/C16H30N2O2/c1-19-15-3-2-8-18(11-15)13-16(6-9-20-10-7-16)12-17-14-4-5-14/h14-15,17H,2-13H2,1H3. The van der Waals surface area contributed by atoms with E-state index in [1.165, 1.54) is 58.2 Å². The zero-order valence-electron chi connectivity index (χ0n) is 12.9. The lowest BCUT2D eigenvalue weighted by molar-refractivity contribution is -0.0274. The molecule has 0 aromatic heterocycles. The summed E-state index contributed by atoms with van der Waals surface area (Å²) in [6.07, 6.45) is 8.12. The number of hydrogen-bond acceptors (Lipinski definition) is 4. The van der Waals surface area contributed by atoms with Gasteiger partial charge in [-0.05, 0) is 50.5 Å². The van der Waals surface area contributed by atoms with Gasteiger partial charge in [-0.15, -0.1) is 0 Å². The number of likely N-dealkylation sites (tertiary alicyclic amines) is 1. The normalized spacial score (nSPS) is 31.4. The molecule has 0 radical (unpaired) electrons. The Kier molecular flexibility index (Phi) is 4.97. The minimum absolute atomic E-state index is 0.427. The fourth-order valence-electron chi connectivity index (χ4n) is 3.67. The lowest BCUT2D eigenvalue weighted by atomic mass is 9.79. The van der Waals surface area contributed by atoms with E-state index in [2.05, 4.69) is 10.2 Å². The Morgan fingerprint density at radius 1 is 1.25 bits per heavy atom. The number of hydrogen-bond donors (Lipinski definition) is 1. The van der Waals surface area contributed by atoms with Crippen molar-refractivity contribution in [2.75, 3.05) is 46.5 Å². The molecule has 0 aromatic rings. The van der Waals surface area contributed by atoms with Crippen molar-refractivity contribution in [2.45, 2.75) is 50.7 Å². The van der Waals surface area contributed by atoms with Gasteiger partial charge in [0.25, 0.3) is 0 Å². The maximum Gasteiger partial charge on any atom is 0.0698 e. The predicted octanol–water partition coefficient (Wildman–Crippen LogP) is 1.65. The van der Waals surface area contributed by atoms with Crippen LogP contribution in [0.5, 0.6) is 0 Å². The molecule has 0 spiro atoms. The van der Waals surface area contributed by atoms with Gasteiger partial charge in [0.05, 0.1) is 6.10 Å². The van der Waals surface area contributed by atoms with Crippen LogP contribution in [0.1, 0.15) is 38.5 Å². The number of nitrogens with one attached hydrogen (secondary N) is 1. The van der Waals surface area contributed by atoms with E-state index in [0.717, 1.165) is 25.8 Å². The monoisotopic (exact) mass is 282 g/mol. The molecule has 1 unspecified atom stereocenters. The van der Waals surface area contributed by atoms with E-state index >= 15 is 0 Å². The van der Waals surface area contributed by atoms with E-state index in [1.807, 2.05) is 7.11 Å². The molecule has 2 aliphatic heterocycles. The number of nitrogens with zero attached hydrogens (tertiary/aromatic N) is 1. The van der Waals surface area contributed by atoms with E-state index in [4.69, 9.17) is 9.47 Å². The molecule has 1 saturated carbocycles. The first kappa shape index (κ1) is 14.8. The van der Waals surface area contributed by atoms with Crippen LogP contribution >= 0.6 is 0 Å². The van der Waals surface area contributed by atoms with Gasteiger partial charge in [0.1, 0.15) is 0 Å². The Labute approximate surface area is 123 Å². The summed E-state index contributed by atoms with van der Waals surface area (Å²) < 4.78 is 11.2. The molecule has 3 fully saturated rings. The zero-order valence-corrected chi connectivity index (χ0v) is 12.9. The molecule has 4 nitrogen and oxygen atoms in total. The van der Waals surface area contributed by atoms with Crippen molar-refractivity contribution in [1.29, 1.82) is 0 Å². The highest BCUT2D eigenvalue weighted by Gasteiger charge is 2.37. The number of piperidine rings is 1. The smallest absolute Gasteiger partial charge is 0.0698 e. The average Bonchev–Trinajstić information content (AvgIpc) is 3.31. The SMILES string of the molecule is COC1CCCN(CC2(CNC3CC3)CCOCC2)C1. The molecular formula is C16H30N2O2.